The number of aromatic nitrogens is 2. The molecule has 1 aromatic heterocycles. The predicted octanol–water partition coefficient (Wildman–Crippen LogP) is 1.13. The molecular weight excluding hydrogens is 250 g/mol. The lowest BCUT2D eigenvalue weighted by atomic mass is 10.2. The first kappa shape index (κ1) is 12.5. The van der Waals surface area contributed by atoms with E-state index < -0.39 is 17.6 Å². The maximum atomic E-state index is 11.9. The van der Waals surface area contributed by atoms with Gasteiger partial charge in [0.15, 0.2) is 11.4 Å². The van der Waals surface area contributed by atoms with Crippen molar-refractivity contribution in [1.29, 1.82) is 0 Å². The summed E-state index contributed by atoms with van der Waals surface area (Å²) >= 11 is 0. The molecule has 0 radical (unpaired) electrons. The average molecular weight is 259 g/mol. The Morgan fingerprint density at radius 1 is 1.11 bits per heavy atom. The number of anilines is 1. The number of phenolic OH excluding ortho intramolecular Hbond substituents is 1. The Balaban J connectivity index is 2.28. The molecule has 3 N–H and O–H groups in total. The van der Waals surface area contributed by atoms with Crippen LogP contribution in [0.5, 0.6) is 5.75 Å². The zero-order chi connectivity index (χ0) is 13.8. The van der Waals surface area contributed by atoms with Crippen LogP contribution >= 0.6 is 0 Å². The lowest BCUT2D eigenvalue weighted by Crippen LogP contribution is -2.19. The fourth-order valence-corrected chi connectivity index (χ4v) is 1.43. The number of aromatic hydroxyl groups is 1. The van der Waals surface area contributed by atoms with E-state index in [4.69, 9.17) is 5.11 Å². The van der Waals surface area contributed by atoms with E-state index in [1.807, 2.05) is 0 Å². The van der Waals surface area contributed by atoms with Gasteiger partial charge in [-0.2, -0.15) is 0 Å². The molecule has 19 heavy (non-hydrogen) atoms. The molecule has 0 spiro atoms. The van der Waals surface area contributed by atoms with Crippen molar-refractivity contribution < 1.29 is 19.8 Å². The summed E-state index contributed by atoms with van der Waals surface area (Å²) < 4.78 is 0. The summed E-state index contributed by atoms with van der Waals surface area (Å²) in [6.45, 7) is 0. The standard InChI is InChI=1S/C12H9N3O4/c16-8-3-1-2-7(6-8)15-11(17)9-10(12(18)19)14-5-4-13-9/h1-6,16H,(H,15,17)(H,18,19). The minimum absolute atomic E-state index is 0.0181. The van der Waals surface area contributed by atoms with Gasteiger partial charge in [-0.25, -0.2) is 14.8 Å². The highest BCUT2D eigenvalue weighted by Gasteiger charge is 2.19. The number of rotatable bonds is 3. The number of aromatic carboxylic acids is 1. The topological polar surface area (TPSA) is 112 Å². The minimum atomic E-state index is -1.34. The second-order valence-corrected chi connectivity index (χ2v) is 3.56. The van der Waals surface area contributed by atoms with Crippen LogP contribution in [0, 0.1) is 0 Å². The van der Waals surface area contributed by atoms with Gasteiger partial charge in [-0.3, -0.25) is 4.79 Å². The number of hydrogen-bond donors (Lipinski definition) is 3. The number of nitrogens with zero attached hydrogens (tertiary/aromatic N) is 2. The number of carbonyl (C=O) groups excluding carboxylic acids is 1. The molecule has 0 aliphatic rings. The molecule has 2 rings (SSSR count). The number of hydrogen-bond acceptors (Lipinski definition) is 5. The first-order valence-electron chi connectivity index (χ1n) is 5.22. The van der Waals surface area contributed by atoms with Gasteiger partial charge in [-0.15, -0.1) is 0 Å². The van der Waals surface area contributed by atoms with Gasteiger partial charge in [0.2, 0.25) is 0 Å². The average Bonchev–Trinajstić information content (AvgIpc) is 2.38. The van der Waals surface area contributed by atoms with E-state index in [1.54, 1.807) is 12.1 Å². The summed E-state index contributed by atoms with van der Waals surface area (Å²) in [5, 5.41) is 20.6. The predicted molar refractivity (Wildman–Crippen MR) is 65.1 cm³/mol. The van der Waals surface area contributed by atoms with Crippen LogP contribution in [-0.4, -0.2) is 32.1 Å². The molecular formula is C12H9N3O4. The Morgan fingerprint density at radius 3 is 2.42 bits per heavy atom. The molecule has 1 aromatic carbocycles. The van der Waals surface area contributed by atoms with Crippen molar-refractivity contribution in [3.05, 3.63) is 48.0 Å². The van der Waals surface area contributed by atoms with Crippen molar-refractivity contribution in [2.45, 2.75) is 0 Å². The third-order valence-electron chi connectivity index (χ3n) is 2.22. The zero-order valence-corrected chi connectivity index (χ0v) is 9.57. The Hall–Kier alpha value is -2.96. The van der Waals surface area contributed by atoms with Crippen LogP contribution < -0.4 is 5.32 Å². The SMILES string of the molecule is O=C(O)c1nccnc1C(=O)Nc1cccc(O)c1. The van der Waals surface area contributed by atoms with Gasteiger partial charge >= 0.3 is 5.97 Å². The van der Waals surface area contributed by atoms with Crippen LogP contribution in [-0.2, 0) is 0 Å². The molecule has 0 unspecified atom stereocenters. The number of nitrogens with one attached hydrogen (secondary N) is 1. The van der Waals surface area contributed by atoms with E-state index in [9.17, 15) is 14.7 Å². The van der Waals surface area contributed by atoms with Crippen molar-refractivity contribution in [3.63, 3.8) is 0 Å². The number of carboxylic acid groups (broad SMARTS) is 1. The highest BCUT2D eigenvalue weighted by molar-refractivity contribution is 6.08. The molecule has 0 fully saturated rings. The first-order valence-corrected chi connectivity index (χ1v) is 5.22. The smallest absolute Gasteiger partial charge is 0.356 e. The van der Waals surface area contributed by atoms with Gasteiger partial charge in [0.05, 0.1) is 0 Å². The summed E-state index contributed by atoms with van der Waals surface area (Å²) in [6, 6.07) is 5.86. The van der Waals surface area contributed by atoms with Crippen molar-refractivity contribution in [1.82, 2.24) is 9.97 Å². The maximum Gasteiger partial charge on any atom is 0.356 e. The molecule has 2 aromatic rings. The third-order valence-corrected chi connectivity index (χ3v) is 2.22. The van der Waals surface area contributed by atoms with Crippen LogP contribution in [0.1, 0.15) is 21.0 Å². The van der Waals surface area contributed by atoms with Crippen LogP contribution in [0.15, 0.2) is 36.7 Å². The van der Waals surface area contributed by atoms with Crippen molar-refractivity contribution >= 4 is 17.6 Å². The third kappa shape index (κ3) is 2.83. The molecule has 0 atom stereocenters. The van der Waals surface area contributed by atoms with Gasteiger partial charge in [-0.05, 0) is 12.1 Å². The Kier molecular flexibility index (Phi) is 3.37. The van der Waals surface area contributed by atoms with Gasteiger partial charge in [0.25, 0.3) is 5.91 Å². The lowest BCUT2D eigenvalue weighted by Gasteiger charge is -2.06. The van der Waals surface area contributed by atoms with Crippen LogP contribution in [0.25, 0.3) is 0 Å². The Morgan fingerprint density at radius 2 is 1.79 bits per heavy atom. The Labute approximate surface area is 107 Å². The van der Waals surface area contributed by atoms with Crippen molar-refractivity contribution in [2.24, 2.45) is 0 Å². The number of benzene rings is 1. The summed E-state index contributed by atoms with van der Waals surface area (Å²) in [5.74, 6) is -2.07. The van der Waals surface area contributed by atoms with Gasteiger partial charge in [-0.1, -0.05) is 6.07 Å². The normalized spacial score (nSPS) is 9.89. The first-order chi connectivity index (χ1) is 9.08. The molecule has 0 bridgehead atoms. The quantitative estimate of drug-likeness (QED) is 0.761. The number of carbonyl (C=O) groups is 2. The fraction of sp³-hybridized carbons (Fsp3) is 0. The molecule has 1 amide bonds. The molecule has 1 heterocycles. The van der Waals surface area contributed by atoms with E-state index in [-0.39, 0.29) is 11.4 Å². The zero-order valence-electron chi connectivity index (χ0n) is 9.57. The second-order valence-electron chi connectivity index (χ2n) is 3.56. The fourth-order valence-electron chi connectivity index (χ4n) is 1.43. The minimum Gasteiger partial charge on any atom is -0.508 e. The van der Waals surface area contributed by atoms with E-state index in [0.717, 1.165) is 0 Å². The molecule has 0 aliphatic heterocycles. The van der Waals surface area contributed by atoms with Crippen molar-refractivity contribution in [3.8, 4) is 5.75 Å². The summed E-state index contributed by atoms with van der Waals surface area (Å²) in [7, 11) is 0. The highest BCUT2D eigenvalue weighted by atomic mass is 16.4. The maximum absolute atomic E-state index is 11.9. The van der Waals surface area contributed by atoms with Crippen LogP contribution in [0.3, 0.4) is 0 Å². The van der Waals surface area contributed by atoms with E-state index in [0.29, 0.717) is 5.69 Å². The number of phenols is 1. The Bertz CT molecular complexity index is 642. The molecule has 7 heteroatoms. The summed E-state index contributed by atoms with van der Waals surface area (Å²) in [4.78, 5) is 30.1. The molecule has 0 saturated carbocycles. The highest BCUT2D eigenvalue weighted by Crippen LogP contribution is 2.16. The molecule has 0 aliphatic carbocycles. The number of amides is 1. The van der Waals surface area contributed by atoms with Gasteiger partial charge in [0.1, 0.15) is 5.75 Å². The van der Waals surface area contributed by atoms with E-state index in [1.165, 1.54) is 24.5 Å². The van der Waals surface area contributed by atoms with Crippen molar-refractivity contribution in [2.75, 3.05) is 5.32 Å². The van der Waals surface area contributed by atoms with Crippen LogP contribution in [0.2, 0.25) is 0 Å². The van der Waals surface area contributed by atoms with Crippen LogP contribution in [0.4, 0.5) is 5.69 Å². The molecule has 7 nitrogen and oxygen atoms in total. The second kappa shape index (κ2) is 5.13. The summed E-state index contributed by atoms with van der Waals surface area (Å²) in [6.07, 6.45) is 2.42. The van der Waals surface area contributed by atoms with E-state index in [2.05, 4.69) is 15.3 Å². The van der Waals surface area contributed by atoms with E-state index >= 15 is 0 Å². The van der Waals surface area contributed by atoms with Gasteiger partial charge < -0.3 is 15.5 Å². The monoisotopic (exact) mass is 259 g/mol. The molecule has 96 valence electrons. The lowest BCUT2D eigenvalue weighted by molar-refractivity contribution is 0.0685. The summed E-state index contributed by atoms with van der Waals surface area (Å²) in [5.41, 5.74) is -0.398. The number of carboxylic acids is 1. The molecule has 0 saturated heterocycles. The van der Waals surface area contributed by atoms with Gasteiger partial charge in [0, 0.05) is 24.1 Å². The largest absolute Gasteiger partial charge is 0.508 e.